The Hall–Kier alpha value is -2.03. The Bertz CT molecular complexity index is 933. The lowest BCUT2D eigenvalue weighted by Gasteiger charge is -2.19. The van der Waals surface area contributed by atoms with E-state index < -0.39 is 16.1 Å². The first-order chi connectivity index (χ1) is 12.0. The van der Waals surface area contributed by atoms with Crippen molar-refractivity contribution in [3.05, 3.63) is 64.4 Å². The van der Waals surface area contributed by atoms with Gasteiger partial charge in [0.2, 0.25) is 10.0 Å². The highest BCUT2D eigenvalue weighted by Crippen LogP contribution is 2.23. The Morgan fingerprint density at radius 1 is 1.36 bits per heavy atom. The number of thiophene rings is 1. The summed E-state index contributed by atoms with van der Waals surface area (Å²) in [6.07, 6.45) is 5.14. The van der Waals surface area contributed by atoms with Crippen LogP contribution in [0.4, 0.5) is 0 Å². The molecular formula is C17H20N4O2S2. The van der Waals surface area contributed by atoms with Crippen LogP contribution < -0.4 is 4.72 Å². The van der Waals surface area contributed by atoms with Gasteiger partial charge in [0, 0.05) is 18.9 Å². The van der Waals surface area contributed by atoms with Crippen LogP contribution in [-0.4, -0.2) is 23.2 Å². The summed E-state index contributed by atoms with van der Waals surface area (Å²) in [7, 11) is -3.69. The third-order valence-electron chi connectivity index (χ3n) is 3.94. The molecule has 0 spiro atoms. The second-order valence-electron chi connectivity index (χ2n) is 5.75. The molecule has 0 fully saturated rings. The van der Waals surface area contributed by atoms with Crippen molar-refractivity contribution in [3.63, 3.8) is 0 Å². The van der Waals surface area contributed by atoms with Crippen LogP contribution >= 0.6 is 11.3 Å². The monoisotopic (exact) mass is 376 g/mol. The van der Waals surface area contributed by atoms with E-state index in [1.165, 1.54) is 12.4 Å². The molecule has 0 amide bonds. The fourth-order valence-electron chi connectivity index (χ4n) is 2.61. The second-order valence-corrected chi connectivity index (χ2v) is 8.24. The van der Waals surface area contributed by atoms with Crippen LogP contribution in [0.25, 0.3) is 0 Å². The van der Waals surface area contributed by atoms with Gasteiger partial charge in [0.05, 0.1) is 17.9 Å². The molecule has 1 N–H and O–H groups in total. The number of hydrogen-bond acceptors (Lipinski definition) is 5. The van der Waals surface area contributed by atoms with Gasteiger partial charge in [-0.05, 0) is 54.3 Å². The highest BCUT2D eigenvalue weighted by molar-refractivity contribution is 7.89. The van der Waals surface area contributed by atoms with E-state index in [1.54, 1.807) is 22.2 Å². The van der Waals surface area contributed by atoms with Gasteiger partial charge in [-0.25, -0.2) is 13.1 Å². The summed E-state index contributed by atoms with van der Waals surface area (Å²) in [6.45, 7) is 4.47. The van der Waals surface area contributed by atoms with Gasteiger partial charge in [-0.1, -0.05) is 6.07 Å². The quantitative estimate of drug-likeness (QED) is 0.688. The van der Waals surface area contributed by atoms with E-state index in [0.717, 1.165) is 16.8 Å². The molecule has 25 heavy (non-hydrogen) atoms. The van der Waals surface area contributed by atoms with Crippen molar-refractivity contribution in [1.82, 2.24) is 19.5 Å². The molecule has 3 rings (SSSR count). The molecule has 0 radical (unpaired) electrons. The van der Waals surface area contributed by atoms with Crippen LogP contribution in [0.2, 0.25) is 0 Å². The molecule has 3 aromatic heterocycles. The zero-order valence-electron chi connectivity index (χ0n) is 14.1. The minimum Gasteiger partial charge on any atom is -0.272 e. The lowest BCUT2D eigenvalue weighted by Crippen LogP contribution is -2.31. The molecule has 132 valence electrons. The Morgan fingerprint density at radius 3 is 2.84 bits per heavy atom. The van der Waals surface area contributed by atoms with E-state index >= 15 is 0 Å². The van der Waals surface area contributed by atoms with Gasteiger partial charge in [0.25, 0.3) is 0 Å². The van der Waals surface area contributed by atoms with Gasteiger partial charge in [0.1, 0.15) is 4.90 Å². The summed E-state index contributed by atoms with van der Waals surface area (Å²) in [5.41, 5.74) is 2.77. The molecule has 0 aliphatic rings. The fraction of sp³-hybridized carbons (Fsp3) is 0.294. The largest absolute Gasteiger partial charge is 0.272 e. The molecule has 0 saturated carbocycles. The number of hydrogen-bond donors (Lipinski definition) is 1. The molecule has 1 unspecified atom stereocenters. The zero-order chi connectivity index (χ0) is 17.9. The van der Waals surface area contributed by atoms with Gasteiger partial charge in [-0.2, -0.15) is 16.4 Å². The lowest BCUT2D eigenvalue weighted by atomic mass is 10.0. The maximum Gasteiger partial charge on any atom is 0.244 e. The SMILES string of the molecule is CCn1cc(S(=O)(=O)NC(Cc2ccsc2)c2ncccc2C)cn1. The number of rotatable bonds is 7. The van der Waals surface area contributed by atoms with Crippen molar-refractivity contribution < 1.29 is 8.42 Å². The van der Waals surface area contributed by atoms with Crippen molar-refractivity contribution in [2.45, 2.75) is 37.8 Å². The summed E-state index contributed by atoms with van der Waals surface area (Å²) in [6, 6.07) is 5.34. The first-order valence-corrected chi connectivity index (χ1v) is 10.4. The number of aromatic nitrogens is 3. The van der Waals surface area contributed by atoms with E-state index in [1.807, 2.05) is 42.8 Å². The minimum atomic E-state index is -3.69. The summed E-state index contributed by atoms with van der Waals surface area (Å²) < 4.78 is 30.0. The fourth-order valence-corrected chi connectivity index (χ4v) is 4.45. The number of nitrogens with one attached hydrogen (secondary N) is 1. The Labute approximate surface area is 151 Å². The number of aryl methyl sites for hydroxylation is 2. The van der Waals surface area contributed by atoms with Crippen molar-refractivity contribution in [2.24, 2.45) is 0 Å². The van der Waals surface area contributed by atoms with E-state index in [9.17, 15) is 8.42 Å². The molecular weight excluding hydrogens is 356 g/mol. The van der Waals surface area contributed by atoms with Crippen LogP contribution in [0, 0.1) is 6.92 Å². The molecule has 8 heteroatoms. The van der Waals surface area contributed by atoms with E-state index in [2.05, 4.69) is 14.8 Å². The molecule has 0 aliphatic carbocycles. The van der Waals surface area contributed by atoms with Crippen molar-refractivity contribution in [2.75, 3.05) is 0 Å². The van der Waals surface area contributed by atoms with Gasteiger partial charge in [0.15, 0.2) is 0 Å². The van der Waals surface area contributed by atoms with Crippen LogP contribution in [0.3, 0.4) is 0 Å². The molecule has 6 nitrogen and oxygen atoms in total. The van der Waals surface area contributed by atoms with Gasteiger partial charge in [-0.3, -0.25) is 9.67 Å². The normalized spacial score (nSPS) is 13.0. The standard InChI is InChI=1S/C17H20N4O2S2/c1-3-21-11-15(10-19-21)25(22,23)20-16(9-14-6-8-24-12-14)17-13(2)5-4-7-18-17/h4-8,10-12,16,20H,3,9H2,1-2H3. The summed E-state index contributed by atoms with van der Waals surface area (Å²) in [5.74, 6) is 0. The summed E-state index contributed by atoms with van der Waals surface area (Å²) in [5, 5.41) is 8.06. The molecule has 0 aromatic carbocycles. The van der Waals surface area contributed by atoms with Crippen LogP contribution in [-0.2, 0) is 23.0 Å². The first-order valence-electron chi connectivity index (χ1n) is 7.97. The number of sulfonamides is 1. The van der Waals surface area contributed by atoms with Gasteiger partial charge in [-0.15, -0.1) is 0 Å². The Kier molecular flexibility index (Phi) is 5.31. The molecule has 0 aliphatic heterocycles. The van der Waals surface area contributed by atoms with Crippen LogP contribution in [0.5, 0.6) is 0 Å². The van der Waals surface area contributed by atoms with E-state index in [-0.39, 0.29) is 4.90 Å². The Morgan fingerprint density at radius 2 is 2.20 bits per heavy atom. The lowest BCUT2D eigenvalue weighted by molar-refractivity contribution is 0.548. The van der Waals surface area contributed by atoms with Crippen LogP contribution in [0.15, 0.2) is 52.4 Å². The Balaban J connectivity index is 1.93. The summed E-state index contributed by atoms with van der Waals surface area (Å²) in [4.78, 5) is 4.58. The number of nitrogens with zero attached hydrogens (tertiary/aromatic N) is 3. The second kappa shape index (κ2) is 7.47. The molecule has 3 heterocycles. The predicted molar refractivity (Wildman–Crippen MR) is 98.0 cm³/mol. The van der Waals surface area contributed by atoms with E-state index in [0.29, 0.717) is 13.0 Å². The maximum absolute atomic E-state index is 12.8. The average molecular weight is 377 g/mol. The third-order valence-corrected chi connectivity index (χ3v) is 6.10. The highest BCUT2D eigenvalue weighted by Gasteiger charge is 2.25. The number of pyridine rings is 1. The minimum absolute atomic E-state index is 0.165. The third kappa shape index (κ3) is 4.15. The zero-order valence-corrected chi connectivity index (χ0v) is 15.7. The molecule has 3 aromatic rings. The average Bonchev–Trinajstić information content (AvgIpc) is 3.26. The topological polar surface area (TPSA) is 76.9 Å². The smallest absolute Gasteiger partial charge is 0.244 e. The van der Waals surface area contributed by atoms with Crippen molar-refractivity contribution in [3.8, 4) is 0 Å². The van der Waals surface area contributed by atoms with Crippen LogP contribution in [0.1, 0.15) is 29.8 Å². The van der Waals surface area contributed by atoms with Gasteiger partial charge < -0.3 is 0 Å². The first kappa shape index (κ1) is 17.8. The molecule has 0 bridgehead atoms. The van der Waals surface area contributed by atoms with E-state index in [4.69, 9.17) is 0 Å². The summed E-state index contributed by atoms with van der Waals surface area (Å²) >= 11 is 1.59. The van der Waals surface area contributed by atoms with Gasteiger partial charge >= 0.3 is 0 Å². The van der Waals surface area contributed by atoms with Crippen molar-refractivity contribution >= 4 is 21.4 Å². The highest BCUT2D eigenvalue weighted by atomic mass is 32.2. The molecule has 1 atom stereocenters. The maximum atomic E-state index is 12.8. The molecule has 0 saturated heterocycles. The van der Waals surface area contributed by atoms with Crippen molar-refractivity contribution in [1.29, 1.82) is 0 Å². The predicted octanol–water partition coefficient (Wildman–Crippen LogP) is 2.93.